The first kappa shape index (κ1) is 11.5. The van der Waals surface area contributed by atoms with Gasteiger partial charge in [0, 0.05) is 10.9 Å². The molecule has 0 saturated carbocycles. The van der Waals surface area contributed by atoms with E-state index in [0.717, 1.165) is 10.0 Å². The molecule has 0 aliphatic heterocycles. The predicted octanol–water partition coefficient (Wildman–Crippen LogP) is 2.68. The fourth-order valence-electron chi connectivity index (χ4n) is 1.01. The van der Waals surface area contributed by atoms with Gasteiger partial charge < -0.3 is 9.84 Å². The van der Waals surface area contributed by atoms with Crippen molar-refractivity contribution in [3.05, 3.63) is 28.2 Å². The number of hydrogen-bond donors (Lipinski definition) is 1. The summed E-state index contributed by atoms with van der Waals surface area (Å²) in [4.78, 5) is 0. The first-order valence-electron chi connectivity index (χ1n) is 4.36. The van der Waals surface area contributed by atoms with Crippen molar-refractivity contribution in [3.8, 4) is 5.75 Å². The van der Waals surface area contributed by atoms with Crippen LogP contribution < -0.4 is 4.74 Å². The van der Waals surface area contributed by atoms with Gasteiger partial charge in [-0.2, -0.15) is 0 Å². The standard InChI is InChI=1S/C10H12BrFO2/c11-10-3-2-9(6-8(10)7-13)14-5-1-4-12/h2-3,6,13H,1,4-5,7H2. The van der Waals surface area contributed by atoms with Gasteiger partial charge in [-0.3, -0.25) is 4.39 Å². The summed E-state index contributed by atoms with van der Waals surface area (Å²) in [6.07, 6.45) is 0.393. The van der Waals surface area contributed by atoms with E-state index in [-0.39, 0.29) is 13.3 Å². The van der Waals surface area contributed by atoms with Gasteiger partial charge in [0.05, 0.1) is 19.9 Å². The van der Waals surface area contributed by atoms with Crippen LogP contribution in [0.3, 0.4) is 0 Å². The molecule has 0 heterocycles. The van der Waals surface area contributed by atoms with Gasteiger partial charge in [0.2, 0.25) is 0 Å². The summed E-state index contributed by atoms with van der Waals surface area (Å²) in [5.74, 6) is 0.658. The Morgan fingerprint density at radius 3 is 2.86 bits per heavy atom. The van der Waals surface area contributed by atoms with Crippen LogP contribution in [0, 0.1) is 0 Å². The Bertz CT molecular complexity index is 291. The molecule has 0 spiro atoms. The van der Waals surface area contributed by atoms with Crippen LogP contribution in [0.4, 0.5) is 4.39 Å². The molecule has 1 aromatic rings. The van der Waals surface area contributed by atoms with Gasteiger partial charge in [0.15, 0.2) is 0 Å². The molecule has 2 nitrogen and oxygen atoms in total. The number of benzene rings is 1. The normalized spacial score (nSPS) is 10.2. The number of alkyl halides is 1. The second-order valence-corrected chi connectivity index (χ2v) is 3.66. The van der Waals surface area contributed by atoms with Gasteiger partial charge in [-0.15, -0.1) is 0 Å². The fourth-order valence-corrected chi connectivity index (χ4v) is 1.38. The Morgan fingerprint density at radius 1 is 1.43 bits per heavy atom. The van der Waals surface area contributed by atoms with Gasteiger partial charge in [0.1, 0.15) is 5.75 Å². The average Bonchev–Trinajstić information content (AvgIpc) is 2.21. The number of halogens is 2. The van der Waals surface area contributed by atoms with E-state index in [9.17, 15) is 4.39 Å². The maximum atomic E-state index is 11.8. The maximum Gasteiger partial charge on any atom is 0.119 e. The first-order chi connectivity index (χ1) is 6.77. The van der Waals surface area contributed by atoms with Gasteiger partial charge in [-0.25, -0.2) is 0 Å². The van der Waals surface area contributed by atoms with Crippen LogP contribution in [-0.2, 0) is 6.61 Å². The van der Waals surface area contributed by atoms with E-state index in [0.29, 0.717) is 18.8 Å². The third-order valence-electron chi connectivity index (χ3n) is 1.73. The summed E-state index contributed by atoms with van der Waals surface area (Å²) in [5.41, 5.74) is 0.766. The van der Waals surface area contributed by atoms with E-state index < -0.39 is 0 Å². The smallest absolute Gasteiger partial charge is 0.119 e. The van der Waals surface area contributed by atoms with Gasteiger partial charge in [-0.1, -0.05) is 15.9 Å². The van der Waals surface area contributed by atoms with Crippen LogP contribution >= 0.6 is 15.9 Å². The molecule has 0 fully saturated rings. The topological polar surface area (TPSA) is 29.5 Å². The number of aliphatic hydroxyl groups excluding tert-OH is 1. The quantitative estimate of drug-likeness (QED) is 0.827. The van der Waals surface area contributed by atoms with Crippen LogP contribution in [-0.4, -0.2) is 18.4 Å². The van der Waals surface area contributed by atoms with Crippen molar-refractivity contribution in [2.24, 2.45) is 0 Å². The van der Waals surface area contributed by atoms with Crippen molar-refractivity contribution in [1.29, 1.82) is 0 Å². The molecular formula is C10H12BrFO2. The Kier molecular flexibility index (Phi) is 4.90. The number of ether oxygens (including phenoxy) is 1. The Labute approximate surface area is 90.8 Å². The van der Waals surface area contributed by atoms with E-state index in [1.807, 2.05) is 0 Å². The molecule has 0 amide bonds. The van der Waals surface area contributed by atoms with Crippen molar-refractivity contribution in [2.75, 3.05) is 13.3 Å². The highest BCUT2D eigenvalue weighted by molar-refractivity contribution is 9.10. The Hall–Kier alpha value is -0.610. The van der Waals surface area contributed by atoms with Gasteiger partial charge >= 0.3 is 0 Å². The molecule has 78 valence electrons. The summed E-state index contributed by atoms with van der Waals surface area (Å²) in [5, 5.41) is 8.97. The number of rotatable bonds is 5. The van der Waals surface area contributed by atoms with Crippen molar-refractivity contribution >= 4 is 15.9 Å². The van der Waals surface area contributed by atoms with Crippen LogP contribution in [0.2, 0.25) is 0 Å². The molecule has 14 heavy (non-hydrogen) atoms. The second-order valence-electron chi connectivity index (χ2n) is 2.80. The Morgan fingerprint density at radius 2 is 2.21 bits per heavy atom. The fraction of sp³-hybridized carbons (Fsp3) is 0.400. The lowest BCUT2D eigenvalue weighted by atomic mass is 10.2. The summed E-state index contributed by atoms with van der Waals surface area (Å²) in [6.45, 7) is -0.0483. The van der Waals surface area contributed by atoms with Crippen molar-refractivity contribution in [2.45, 2.75) is 13.0 Å². The number of hydrogen-bond acceptors (Lipinski definition) is 2. The zero-order valence-electron chi connectivity index (χ0n) is 7.67. The third-order valence-corrected chi connectivity index (χ3v) is 2.51. The molecule has 0 aliphatic rings. The average molecular weight is 263 g/mol. The second kappa shape index (κ2) is 5.98. The molecular weight excluding hydrogens is 251 g/mol. The zero-order valence-corrected chi connectivity index (χ0v) is 9.26. The molecule has 1 aromatic carbocycles. The highest BCUT2D eigenvalue weighted by atomic mass is 79.9. The minimum atomic E-state index is -0.372. The summed E-state index contributed by atoms with van der Waals surface area (Å²) < 4.78 is 17.9. The molecule has 0 aromatic heterocycles. The molecule has 0 radical (unpaired) electrons. The maximum absolute atomic E-state index is 11.8. The first-order valence-corrected chi connectivity index (χ1v) is 5.15. The lowest BCUT2D eigenvalue weighted by Crippen LogP contribution is -1.98. The molecule has 0 atom stereocenters. The van der Waals surface area contributed by atoms with Crippen molar-refractivity contribution in [3.63, 3.8) is 0 Å². The highest BCUT2D eigenvalue weighted by Gasteiger charge is 2.01. The molecule has 0 unspecified atom stereocenters. The molecule has 0 saturated heterocycles. The van der Waals surface area contributed by atoms with Crippen LogP contribution in [0.15, 0.2) is 22.7 Å². The van der Waals surface area contributed by atoms with E-state index in [2.05, 4.69) is 15.9 Å². The number of aliphatic hydroxyl groups is 1. The Balaban J connectivity index is 2.60. The molecule has 0 aliphatic carbocycles. The third kappa shape index (κ3) is 3.27. The lowest BCUT2D eigenvalue weighted by Gasteiger charge is -2.07. The van der Waals surface area contributed by atoms with Crippen LogP contribution in [0.5, 0.6) is 5.75 Å². The van der Waals surface area contributed by atoms with E-state index >= 15 is 0 Å². The minimum absolute atomic E-state index is 0.0408. The van der Waals surface area contributed by atoms with Crippen LogP contribution in [0.1, 0.15) is 12.0 Å². The lowest BCUT2D eigenvalue weighted by molar-refractivity contribution is 0.275. The van der Waals surface area contributed by atoms with Crippen LogP contribution in [0.25, 0.3) is 0 Å². The predicted molar refractivity (Wildman–Crippen MR) is 56.2 cm³/mol. The largest absolute Gasteiger partial charge is 0.493 e. The molecule has 1 rings (SSSR count). The summed E-state index contributed by atoms with van der Waals surface area (Å²) in [7, 11) is 0. The van der Waals surface area contributed by atoms with E-state index in [1.54, 1.807) is 18.2 Å². The van der Waals surface area contributed by atoms with E-state index in [4.69, 9.17) is 9.84 Å². The monoisotopic (exact) mass is 262 g/mol. The van der Waals surface area contributed by atoms with Gasteiger partial charge in [0.25, 0.3) is 0 Å². The SMILES string of the molecule is OCc1cc(OCCCF)ccc1Br. The molecule has 1 N–H and O–H groups in total. The molecule has 0 bridgehead atoms. The highest BCUT2D eigenvalue weighted by Crippen LogP contribution is 2.22. The minimum Gasteiger partial charge on any atom is -0.493 e. The zero-order chi connectivity index (χ0) is 10.4. The molecule has 4 heteroatoms. The van der Waals surface area contributed by atoms with E-state index in [1.165, 1.54) is 0 Å². The summed E-state index contributed by atoms with van der Waals surface area (Å²) >= 11 is 3.30. The summed E-state index contributed by atoms with van der Waals surface area (Å²) in [6, 6.07) is 5.32. The van der Waals surface area contributed by atoms with Crippen molar-refractivity contribution in [1.82, 2.24) is 0 Å². The van der Waals surface area contributed by atoms with Crippen molar-refractivity contribution < 1.29 is 14.2 Å². The van der Waals surface area contributed by atoms with Gasteiger partial charge in [-0.05, 0) is 23.8 Å².